The van der Waals surface area contributed by atoms with E-state index in [0.717, 1.165) is 40.9 Å². The second-order valence-corrected chi connectivity index (χ2v) is 6.40. The minimum absolute atomic E-state index is 0.0368. The van der Waals surface area contributed by atoms with E-state index in [-0.39, 0.29) is 12.1 Å². The first kappa shape index (κ1) is 16.4. The first-order chi connectivity index (χ1) is 12.7. The molecule has 0 aliphatic carbocycles. The average Bonchev–Trinajstić information content (AvgIpc) is 3.27. The Morgan fingerprint density at radius 2 is 2.12 bits per heavy atom. The van der Waals surface area contributed by atoms with Gasteiger partial charge in [-0.15, -0.1) is 0 Å². The van der Waals surface area contributed by atoms with Gasteiger partial charge in [0.1, 0.15) is 12.4 Å². The molecule has 4 rings (SSSR count). The molecule has 2 aromatic carbocycles. The van der Waals surface area contributed by atoms with E-state index in [1.807, 2.05) is 42.5 Å². The van der Waals surface area contributed by atoms with Crippen molar-refractivity contribution in [2.45, 2.75) is 25.8 Å². The molecule has 0 saturated carbocycles. The Labute approximate surface area is 151 Å². The second-order valence-electron chi connectivity index (χ2n) is 6.40. The van der Waals surface area contributed by atoms with Gasteiger partial charge in [-0.25, -0.2) is 9.78 Å². The molecule has 3 aromatic rings. The van der Waals surface area contributed by atoms with E-state index in [1.54, 1.807) is 11.2 Å². The van der Waals surface area contributed by atoms with Gasteiger partial charge in [0.2, 0.25) is 0 Å². The minimum atomic E-state index is -0.309. The summed E-state index contributed by atoms with van der Waals surface area (Å²) in [7, 11) is 0. The molecule has 1 aliphatic heterocycles. The number of cyclic esters (lactones) is 1. The highest BCUT2D eigenvalue weighted by Crippen LogP contribution is 2.28. The van der Waals surface area contributed by atoms with Crippen molar-refractivity contribution in [3.63, 3.8) is 0 Å². The molecule has 1 aromatic heterocycles. The van der Waals surface area contributed by atoms with Crippen molar-refractivity contribution in [2.75, 3.05) is 18.1 Å². The number of imidazole rings is 1. The van der Waals surface area contributed by atoms with Crippen LogP contribution in [0.4, 0.5) is 10.5 Å². The van der Waals surface area contributed by atoms with Gasteiger partial charge in [-0.3, -0.25) is 4.90 Å². The van der Waals surface area contributed by atoms with Crippen LogP contribution in [0, 0.1) is 0 Å². The van der Waals surface area contributed by atoms with Gasteiger partial charge in [-0.2, -0.15) is 0 Å². The molecule has 1 aliphatic rings. The zero-order valence-electron chi connectivity index (χ0n) is 14.6. The van der Waals surface area contributed by atoms with Crippen LogP contribution in [0.1, 0.15) is 18.9 Å². The number of amides is 1. The van der Waals surface area contributed by atoms with Crippen molar-refractivity contribution in [3.05, 3.63) is 54.4 Å². The minimum Gasteiger partial charge on any atom is -0.494 e. The standard InChI is InChI=1S/C20H21N3O3/c1-2-9-25-17-6-3-14(4-7-17)10-16-12-26-20(24)23(16)15-5-8-18-19(11-15)22-13-21-18/h3-8,11,13,16H,2,9-10,12H2,1H3,(H,21,22). The van der Waals surface area contributed by atoms with E-state index in [0.29, 0.717) is 13.2 Å². The number of anilines is 1. The molecule has 1 atom stereocenters. The number of hydrogen-bond acceptors (Lipinski definition) is 4. The Hall–Kier alpha value is -3.02. The van der Waals surface area contributed by atoms with Crippen LogP contribution in [-0.4, -0.2) is 35.3 Å². The molecular formula is C20H21N3O3. The Balaban J connectivity index is 1.52. The molecule has 1 fully saturated rings. The summed E-state index contributed by atoms with van der Waals surface area (Å²) in [5, 5.41) is 0. The van der Waals surface area contributed by atoms with Crippen LogP contribution >= 0.6 is 0 Å². The summed E-state index contributed by atoms with van der Waals surface area (Å²) >= 11 is 0. The number of fused-ring (bicyclic) bond motifs is 1. The van der Waals surface area contributed by atoms with Gasteiger partial charge in [0, 0.05) is 5.69 Å². The van der Waals surface area contributed by atoms with Gasteiger partial charge in [-0.1, -0.05) is 19.1 Å². The highest BCUT2D eigenvalue weighted by Gasteiger charge is 2.34. The van der Waals surface area contributed by atoms with Crippen LogP contribution in [0.15, 0.2) is 48.8 Å². The van der Waals surface area contributed by atoms with E-state index in [2.05, 4.69) is 16.9 Å². The number of nitrogens with zero attached hydrogens (tertiary/aromatic N) is 2. The van der Waals surface area contributed by atoms with Crippen LogP contribution in [0.5, 0.6) is 5.75 Å². The summed E-state index contributed by atoms with van der Waals surface area (Å²) < 4.78 is 10.9. The number of hydrogen-bond donors (Lipinski definition) is 1. The van der Waals surface area contributed by atoms with E-state index in [9.17, 15) is 4.79 Å². The predicted octanol–water partition coefficient (Wildman–Crippen LogP) is 3.92. The number of carbonyl (C=O) groups is 1. The van der Waals surface area contributed by atoms with Crippen molar-refractivity contribution in [2.24, 2.45) is 0 Å². The maximum absolute atomic E-state index is 12.3. The van der Waals surface area contributed by atoms with Crippen molar-refractivity contribution >= 4 is 22.8 Å². The highest BCUT2D eigenvalue weighted by atomic mass is 16.6. The van der Waals surface area contributed by atoms with E-state index in [1.165, 1.54) is 0 Å². The molecule has 1 N–H and O–H groups in total. The van der Waals surface area contributed by atoms with Crippen LogP contribution < -0.4 is 9.64 Å². The van der Waals surface area contributed by atoms with Gasteiger partial charge in [-0.05, 0) is 48.7 Å². The molecular weight excluding hydrogens is 330 g/mol. The lowest BCUT2D eigenvalue weighted by molar-refractivity contribution is 0.178. The first-order valence-electron chi connectivity index (χ1n) is 8.85. The Morgan fingerprint density at radius 3 is 2.92 bits per heavy atom. The van der Waals surface area contributed by atoms with Crippen LogP contribution in [0.3, 0.4) is 0 Å². The normalized spacial score (nSPS) is 16.9. The van der Waals surface area contributed by atoms with Gasteiger partial charge in [0.05, 0.1) is 30.0 Å². The van der Waals surface area contributed by atoms with Crippen molar-refractivity contribution in [3.8, 4) is 5.75 Å². The molecule has 0 spiro atoms. The summed E-state index contributed by atoms with van der Waals surface area (Å²) in [4.78, 5) is 21.3. The largest absolute Gasteiger partial charge is 0.494 e. The molecule has 0 bridgehead atoms. The SMILES string of the molecule is CCCOc1ccc(CC2COC(=O)N2c2ccc3nc[nH]c3c2)cc1. The van der Waals surface area contributed by atoms with Gasteiger partial charge in [0.15, 0.2) is 0 Å². The molecule has 1 unspecified atom stereocenters. The smallest absolute Gasteiger partial charge is 0.414 e. The monoisotopic (exact) mass is 351 g/mol. The van der Waals surface area contributed by atoms with Gasteiger partial charge >= 0.3 is 6.09 Å². The third kappa shape index (κ3) is 3.22. The van der Waals surface area contributed by atoms with Crippen molar-refractivity contribution in [1.82, 2.24) is 9.97 Å². The summed E-state index contributed by atoms with van der Waals surface area (Å²) in [5.74, 6) is 0.871. The molecule has 134 valence electrons. The summed E-state index contributed by atoms with van der Waals surface area (Å²) in [6.45, 7) is 3.18. The fourth-order valence-electron chi connectivity index (χ4n) is 3.21. The fourth-order valence-corrected chi connectivity index (χ4v) is 3.21. The number of carbonyl (C=O) groups excluding carboxylic acids is 1. The topological polar surface area (TPSA) is 67.5 Å². The molecule has 26 heavy (non-hydrogen) atoms. The number of benzene rings is 2. The number of aromatic amines is 1. The third-order valence-corrected chi connectivity index (χ3v) is 4.51. The lowest BCUT2D eigenvalue weighted by Gasteiger charge is -2.21. The van der Waals surface area contributed by atoms with Gasteiger partial charge in [0.25, 0.3) is 0 Å². The number of aromatic nitrogens is 2. The zero-order valence-corrected chi connectivity index (χ0v) is 14.6. The number of rotatable bonds is 6. The third-order valence-electron chi connectivity index (χ3n) is 4.51. The number of nitrogens with one attached hydrogen (secondary N) is 1. The van der Waals surface area contributed by atoms with Crippen molar-refractivity contribution < 1.29 is 14.3 Å². The van der Waals surface area contributed by atoms with Crippen LogP contribution in [0.2, 0.25) is 0 Å². The molecule has 6 heteroatoms. The van der Waals surface area contributed by atoms with E-state index in [4.69, 9.17) is 9.47 Å². The fraction of sp³-hybridized carbons (Fsp3) is 0.300. The number of ether oxygens (including phenoxy) is 2. The first-order valence-corrected chi connectivity index (χ1v) is 8.85. The van der Waals surface area contributed by atoms with E-state index < -0.39 is 0 Å². The van der Waals surface area contributed by atoms with Gasteiger partial charge < -0.3 is 14.5 Å². The molecule has 1 amide bonds. The van der Waals surface area contributed by atoms with E-state index >= 15 is 0 Å². The lowest BCUT2D eigenvalue weighted by Crippen LogP contribution is -2.35. The quantitative estimate of drug-likeness (QED) is 0.731. The molecule has 0 radical (unpaired) electrons. The average molecular weight is 351 g/mol. The summed E-state index contributed by atoms with van der Waals surface area (Å²) in [5.41, 5.74) is 3.74. The zero-order chi connectivity index (χ0) is 17.9. The summed E-state index contributed by atoms with van der Waals surface area (Å²) in [6.07, 6.45) is 3.05. The maximum Gasteiger partial charge on any atom is 0.414 e. The molecule has 1 saturated heterocycles. The molecule has 6 nitrogen and oxygen atoms in total. The lowest BCUT2D eigenvalue weighted by atomic mass is 10.0. The van der Waals surface area contributed by atoms with Crippen molar-refractivity contribution in [1.29, 1.82) is 0 Å². The predicted molar refractivity (Wildman–Crippen MR) is 99.6 cm³/mol. The van der Waals surface area contributed by atoms with Crippen LogP contribution in [0.25, 0.3) is 11.0 Å². The van der Waals surface area contributed by atoms with Crippen LogP contribution in [-0.2, 0) is 11.2 Å². The molecule has 2 heterocycles. The Kier molecular flexibility index (Phi) is 4.48. The number of H-pyrrole nitrogens is 1. The maximum atomic E-state index is 12.3. The Bertz CT molecular complexity index is 904. The Morgan fingerprint density at radius 1 is 1.27 bits per heavy atom. The highest BCUT2D eigenvalue weighted by molar-refractivity contribution is 5.93. The second kappa shape index (κ2) is 7.07. The summed E-state index contributed by atoms with van der Waals surface area (Å²) in [6, 6.07) is 13.8.